The number of nitrogens with one attached hydrogen (secondary N) is 2. The van der Waals surface area contributed by atoms with E-state index in [0.717, 1.165) is 31.5 Å². The topological polar surface area (TPSA) is 76.1 Å². The summed E-state index contributed by atoms with van der Waals surface area (Å²) in [6.45, 7) is 1.97. The van der Waals surface area contributed by atoms with E-state index >= 15 is 0 Å². The molecule has 2 heterocycles. The van der Waals surface area contributed by atoms with Gasteiger partial charge in [-0.2, -0.15) is 0 Å². The Kier molecular flexibility index (Phi) is 5.09. The van der Waals surface area contributed by atoms with Crippen LogP contribution >= 0.6 is 0 Å². The summed E-state index contributed by atoms with van der Waals surface area (Å²) >= 11 is 0. The van der Waals surface area contributed by atoms with Gasteiger partial charge in [-0.05, 0) is 37.9 Å². The van der Waals surface area contributed by atoms with Crippen LogP contribution in [0.1, 0.15) is 24.8 Å². The fourth-order valence-corrected chi connectivity index (χ4v) is 2.10. The van der Waals surface area contributed by atoms with Crippen molar-refractivity contribution >= 4 is 5.91 Å². The second kappa shape index (κ2) is 7.04. The molecule has 0 spiro atoms. The number of piperidine rings is 1. The molecule has 1 aliphatic rings. The highest BCUT2D eigenvalue weighted by Crippen LogP contribution is 2.06. The van der Waals surface area contributed by atoms with Crippen molar-refractivity contribution in [2.75, 3.05) is 20.2 Å². The number of nitrogens with zero attached hydrogens (tertiary/aromatic N) is 2. The Bertz CT molecular complexity index is 402. The minimum atomic E-state index is 0.0997. The van der Waals surface area contributed by atoms with Crippen LogP contribution in [0.25, 0.3) is 0 Å². The van der Waals surface area contributed by atoms with Crippen LogP contribution < -0.4 is 15.4 Å². The Balaban J connectivity index is 1.72. The van der Waals surface area contributed by atoms with E-state index in [-0.39, 0.29) is 5.91 Å². The second-order valence-corrected chi connectivity index (χ2v) is 4.67. The molecular weight excluding hydrogens is 244 g/mol. The summed E-state index contributed by atoms with van der Waals surface area (Å²) in [6, 6.07) is 0.670. The minimum Gasteiger partial charge on any atom is -0.467 e. The minimum absolute atomic E-state index is 0.0997. The van der Waals surface area contributed by atoms with Crippen molar-refractivity contribution in [1.82, 2.24) is 20.6 Å². The molecule has 0 aliphatic carbocycles. The zero-order valence-electron chi connectivity index (χ0n) is 11.2. The van der Waals surface area contributed by atoms with E-state index in [4.69, 9.17) is 4.74 Å². The first-order chi connectivity index (χ1) is 9.28. The van der Waals surface area contributed by atoms with Gasteiger partial charge in [0.15, 0.2) is 0 Å². The molecule has 1 aromatic heterocycles. The van der Waals surface area contributed by atoms with Gasteiger partial charge < -0.3 is 15.4 Å². The van der Waals surface area contributed by atoms with Gasteiger partial charge in [-0.25, -0.2) is 9.97 Å². The molecule has 1 fully saturated rings. The lowest BCUT2D eigenvalue weighted by molar-refractivity contribution is -0.121. The summed E-state index contributed by atoms with van der Waals surface area (Å²) in [5, 5.41) is 6.34. The average Bonchev–Trinajstić information content (AvgIpc) is 2.47. The Labute approximate surface area is 113 Å². The van der Waals surface area contributed by atoms with Crippen LogP contribution in [0.3, 0.4) is 0 Å². The molecule has 19 heavy (non-hydrogen) atoms. The maximum Gasteiger partial charge on any atom is 0.316 e. The number of carbonyl (C=O) groups is 1. The summed E-state index contributed by atoms with van der Waals surface area (Å²) in [4.78, 5) is 19.8. The van der Waals surface area contributed by atoms with Crippen molar-refractivity contribution in [1.29, 1.82) is 0 Å². The lowest BCUT2D eigenvalue weighted by atomic mass is 10.1. The highest BCUT2D eigenvalue weighted by atomic mass is 16.5. The van der Waals surface area contributed by atoms with E-state index in [1.807, 2.05) is 0 Å². The summed E-state index contributed by atoms with van der Waals surface area (Å²) < 4.78 is 4.89. The van der Waals surface area contributed by atoms with Crippen LogP contribution in [0.4, 0.5) is 0 Å². The van der Waals surface area contributed by atoms with Crippen molar-refractivity contribution in [2.24, 2.45) is 0 Å². The van der Waals surface area contributed by atoms with Gasteiger partial charge in [-0.1, -0.05) is 0 Å². The van der Waals surface area contributed by atoms with Crippen molar-refractivity contribution in [3.8, 4) is 6.01 Å². The first-order valence-corrected chi connectivity index (χ1v) is 6.63. The summed E-state index contributed by atoms with van der Waals surface area (Å²) in [5.41, 5.74) is 0.946. The number of amides is 1. The number of aryl methyl sites for hydroxylation is 1. The number of methoxy groups -OCH3 is 1. The Morgan fingerprint density at radius 1 is 1.42 bits per heavy atom. The molecule has 0 saturated carbocycles. The van der Waals surface area contributed by atoms with Crippen LogP contribution in [-0.4, -0.2) is 42.1 Å². The molecule has 0 radical (unpaired) electrons. The van der Waals surface area contributed by atoms with E-state index in [0.29, 0.717) is 24.9 Å². The zero-order valence-corrected chi connectivity index (χ0v) is 11.2. The van der Waals surface area contributed by atoms with E-state index < -0.39 is 0 Å². The molecule has 1 amide bonds. The van der Waals surface area contributed by atoms with Gasteiger partial charge in [-0.3, -0.25) is 4.79 Å². The third-order valence-corrected chi connectivity index (χ3v) is 3.21. The molecule has 6 nitrogen and oxygen atoms in total. The van der Waals surface area contributed by atoms with Crippen LogP contribution in [0.2, 0.25) is 0 Å². The van der Waals surface area contributed by atoms with Gasteiger partial charge in [0, 0.05) is 24.9 Å². The largest absolute Gasteiger partial charge is 0.467 e. The van der Waals surface area contributed by atoms with E-state index in [1.165, 1.54) is 7.11 Å². The Morgan fingerprint density at radius 2 is 2.11 bits per heavy atom. The Morgan fingerprint density at radius 3 is 2.74 bits per heavy atom. The summed E-state index contributed by atoms with van der Waals surface area (Å²) in [7, 11) is 1.53. The number of hydrogen-bond donors (Lipinski definition) is 2. The standard InChI is InChI=1S/C13H20N4O2/c1-19-13-15-8-10(9-16-13)2-3-12(18)17-11-4-6-14-7-5-11/h8-9,11,14H,2-7H2,1H3,(H,17,18). The number of carbonyl (C=O) groups excluding carboxylic acids is 1. The molecular formula is C13H20N4O2. The highest BCUT2D eigenvalue weighted by Gasteiger charge is 2.15. The molecule has 0 atom stereocenters. The van der Waals surface area contributed by atoms with Crippen LogP contribution in [0, 0.1) is 0 Å². The first kappa shape index (κ1) is 13.7. The maximum atomic E-state index is 11.8. The van der Waals surface area contributed by atoms with Gasteiger partial charge in [0.2, 0.25) is 5.91 Å². The van der Waals surface area contributed by atoms with E-state index in [1.54, 1.807) is 12.4 Å². The SMILES string of the molecule is COc1ncc(CCC(=O)NC2CCNCC2)cn1. The number of aromatic nitrogens is 2. The molecule has 1 aliphatic heterocycles. The molecule has 1 saturated heterocycles. The molecule has 2 rings (SSSR count). The smallest absolute Gasteiger partial charge is 0.316 e. The third-order valence-electron chi connectivity index (χ3n) is 3.21. The average molecular weight is 264 g/mol. The van der Waals surface area contributed by atoms with Crippen molar-refractivity contribution < 1.29 is 9.53 Å². The lowest BCUT2D eigenvalue weighted by Gasteiger charge is -2.23. The van der Waals surface area contributed by atoms with Gasteiger partial charge in [0.1, 0.15) is 0 Å². The monoisotopic (exact) mass is 264 g/mol. The predicted molar refractivity (Wildman–Crippen MR) is 70.9 cm³/mol. The third kappa shape index (κ3) is 4.48. The summed E-state index contributed by atoms with van der Waals surface area (Å²) in [6.07, 6.45) is 6.54. The Hall–Kier alpha value is -1.69. The molecule has 104 valence electrons. The number of hydrogen-bond acceptors (Lipinski definition) is 5. The quantitative estimate of drug-likeness (QED) is 0.799. The van der Waals surface area contributed by atoms with Gasteiger partial charge >= 0.3 is 6.01 Å². The zero-order chi connectivity index (χ0) is 13.5. The molecule has 2 N–H and O–H groups in total. The van der Waals surface area contributed by atoms with Crippen molar-refractivity contribution in [2.45, 2.75) is 31.7 Å². The molecule has 6 heteroatoms. The van der Waals surface area contributed by atoms with Gasteiger partial charge in [0.25, 0.3) is 0 Å². The van der Waals surface area contributed by atoms with Crippen molar-refractivity contribution in [3.63, 3.8) is 0 Å². The van der Waals surface area contributed by atoms with Crippen LogP contribution in [0.5, 0.6) is 6.01 Å². The molecule has 0 aromatic carbocycles. The normalized spacial score (nSPS) is 16.1. The molecule has 0 bridgehead atoms. The second-order valence-electron chi connectivity index (χ2n) is 4.67. The summed E-state index contributed by atoms with van der Waals surface area (Å²) in [5.74, 6) is 0.0997. The fraction of sp³-hybridized carbons (Fsp3) is 0.615. The number of rotatable bonds is 5. The van der Waals surface area contributed by atoms with E-state index in [2.05, 4.69) is 20.6 Å². The fourth-order valence-electron chi connectivity index (χ4n) is 2.10. The molecule has 0 unspecified atom stereocenters. The predicted octanol–water partition coefficient (Wildman–Crippen LogP) is 0.286. The number of ether oxygens (including phenoxy) is 1. The van der Waals surface area contributed by atoms with Gasteiger partial charge in [0.05, 0.1) is 7.11 Å². The first-order valence-electron chi connectivity index (χ1n) is 6.63. The highest BCUT2D eigenvalue weighted by molar-refractivity contribution is 5.76. The molecule has 1 aromatic rings. The van der Waals surface area contributed by atoms with Gasteiger partial charge in [-0.15, -0.1) is 0 Å². The van der Waals surface area contributed by atoms with Crippen LogP contribution in [-0.2, 0) is 11.2 Å². The van der Waals surface area contributed by atoms with Crippen molar-refractivity contribution in [3.05, 3.63) is 18.0 Å². The van der Waals surface area contributed by atoms with Crippen LogP contribution in [0.15, 0.2) is 12.4 Å². The maximum absolute atomic E-state index is 11.8. The lowest BCUT2D eigenvalue weighted by Crippen LogP contribution is -2.42. The van der Waals surface area contributed by atoms with E-state index in [9.17, 15) is 4.79 Å².